The van der Waals surface area contributed by atoms with Crippen LogP contribution in [0.15, 0.2) is 30.6 Å². The van der Waals surface area contributed by atoms with Gasteiger partial charge in [-0.25, -0.2) is 9.67 Å². The van der Waals surface area contributed by atoms with Crippen molar-refractivity contribution in [2.75, 3.05) is 5.32 Å². The molecule has 0 spiro atoms. The van der Waals surface area contributed by atoms with Crippen LogP contribution in [0.4, 0.5) is 11.6 Å². The van der Waals surface area contributed by atoms with E-state index in [9.17, 15) is 14.9 Å². The van der Waals surface area contributed by atoms with Gasteiger partial charge in [0.1, 0.15) is 24.3 Å². The number of nitro groups is 1. The van der Waals surface area contributed by atoms with Crippen LogP contribution in [0.3, 0.4) is 0 Å². The van der Waals surface area contributed by atoms with Crippen molar-refractivity contribution in [2.45, 2.75) is 33.9 Å². The van der Waals surface area contributed by atoms with Crippen LogP contribution in [-0.2, 0) is 17.9 Å². The molecule has 0 atom stereocenters. The SMILES string of the molecule is Cc1ccc(Cn2cnc(NC(=O)Cn3nc(C)c([N+](=O)[O-])c3C)n2)cc1. The van der Waals surface area contributed by atoms with Crippen LogP contribution in [0, 0.1) is 30.9 Å². The van der Waals surface area contributed by atoms with E-state index < -0.39 is 10.8 Å². The Kier molecular flexibility index (Phi) is 4.97. The van der Waals surface area contributed by atoms with E-state index in [0.29, 0.717) is 12.2 Å². The van der Waals surface area contributed by atoms with Gasteiger partial charge in [0, 0.05) is 0 Å². The number of carbonyl (C=O) groups is 1. The maximum absolute atomic E-state index is 12.2. The van der Waals surface area contributed by atoms with Gasteiger partial charge in [0.25, 0.3) is 0 Å². The summed E-state index contributed by atoms with van der Waals surface area (Å²) in [5, 5.41) is 21.9. The van der Waals surface area contributed by atoms with Crippen molar-refractivity contribution in [1.29, 1.82) is 0 Å². The second-order valence-corrected chi connectivity index (χ2v) is 6.23. The van der Waals surface area contributed by atoms with Crippen LogP contribution in [0.25, 0.3) is 0 Å². The Bertz CT molecular complexity index is 989. The third kappa shape index (κ3) is 4.17. The summed E-state index contributed by atoms with van der Waals surface area (Å²) in [6.07, 6.45) is 1.53. The zero-order valence-corrected chi connectivity index (χ0v) is 15.2. The van der Waals surface area contributed by atoms with E-state index in [2.05, 4.69) is 20.5 Å². The molecule has 0 unspecified atom stereocenters. The standard InChI is InChI=1S/C17H19N7O3/c1-11-4-6-14(7-5-11)8-22-10-18-17(21-22)19-15(25)9-23-13(3)16(24(26)27)12(2)20-23/h4-7,10H,8-9H2,1-3H3,(H,19,21,25). The highest BCUT2D eigenvalue weighted by molar-refractivity contribution is 5.88. The number of aryl methyl sites for hydroxylation is 2. The van der Waals surface area contributed by atoms with Crippen LogP contribution in [-0.4, -0.2) is 35.4 Å². The molecule has 2 aromatic heterocycles. The molecule has 10 heteroatoms. The molecule has 1 aromatic carbocycles. The summed E-state index contributed by atoms with van der Waals surface area (Å²) in [6, 6.07) is 8.04. The van der Waals surface area contributed by atoms with Gasteiger partial charge in [-0.2, -0.15) is 5.10 Å². The number of hydrogen-bond acceptors (Lipinski definition) is 6. The van der Waals surface area contributed by atoms with Crippen molar-refractivity contribution in [3.05, 3.63) is 63.2 Å². The molecule has 1 amide bonds. The van der Waals surface area contributed by atoms with Crippen molar-refractivity contribution in [2.24, 2.45) is 0 Å². The average molecular weight is 369 g/mol. The van der Waals surface area contributed by atoms with E-state index in [1.807, 2.05) is 31.2 Å². The number of amides is 1. The van der Waals surface area contributed by atoms with E-state index >= 15 is 0 Å². The van der Waals surface area contributed by atoms with Crippen LogP contribution >= 0.6 is 0 Å². The van der Waals surface area contributed by atoms with Gasteiger partial charge in [-0.3, -0.25) is 24.9 Å². The molecule has 0 aliphatic heterocycles. The first-order chi connectivity index (χ1) is 12.8. The third-order valence-electron chi connectivity index (χ3n) is 4.07. The largest absolute Gasteiger partial charge is 0.312 e. The molecular weight excluding hydrogens is 350 g/mol. The Hall–Kier alpha value is -3.56. The number of carbonyl (C=O) groups excluding carboxylic acids is 1. The molecule has 0 aliphatic rings. The molecule has 3 rings (SSSR count). The number of rotatable bonds is 6. The van der Waals surface area contributed by atoms with Gasteiger partial charge >= 0.3 is 5.69 Å². The van der Waals surface area contributed by atoms with Gasteiger partial charge in [0.2, 0.25) is 11.9 Å². The monoisotopic (exact) mass is 369 g/mol. The second kappa shape index (κ2) is 7.36. The summed E-state index contributed by atoms with van der Waals surface area (Å²) < 4.78 is 2.92. The van der Waals surface area contributed by atoms with Gasteiger partial charge in [-0.15, -0.1) is 5.10 Å². The molecule has 0 fully saturated rings. The summed E-state index contributed by atoms with van der Waals surface area (Å²) in [7, 11) is 0. The Balaban J connectivity index is 1.63. The van der Waals surface area contributed by atoms with Gasteiger partial charge < -0.3 is 0 Å². The zero-order chi connectivity index (χ0) is 19.6. The molecule has 1 N–H and O–H groups in total. The smallest absolute Gasteiger partial charge is 0.292 e. The quantitative estimate of drug-likeness (QED) is 0.524. The summed E-state index contributed by atoms with van der Waals surface area (Å²) >= 11 is 0. The van der Waals surface area contributed by atoms with Crippen molar-refractivity contribution in [1.82, 2.24) is 24.5 Å². The van der Waals surface area contributed by atoms with Gasteiger partial charge in [0.15, 0.2) is 0 Å². The predicted molar refractivity (Wildman–Crippen MR) is 97.3 cm³/mol. The summed E-state index contributed by atoms with van der Waals surface area (Å²) in [6.45, 7) is 5.48. The highest BCUT2D eigenvalue weighted by Crippen LogP contribution is 2.21. The molecule has 3 aromatic rings. The van der Waals surface area contributed by atoms with Crippen LogP contribution < -0.4 is 5.32 Å². The summed E-state index contributed by atoms with van der Waals surface area (Å²) in [5.74, 6) is -0.244. The molecule has 0 aliphatic carbocycles. The Labute approximate surface area is 155 Å². The lowest BCUT2D eigenvalue weighted by atomic mass is 10.1. The summed E-state index contributed by atoms with van der Waals surface area (Å²) in [4.78, 5) is 26.8. The second-order valence-electron chi connectivity index (χ2n) is 6.23. The van der Waals surface area contributed by atoms with E-state index in [4.69, 9.17) is 0 Å². The minimum Gasteiger partial charge on any atom is -0.292 e. The van der Waals surface area contributed by atoms with Crippen molar-refractivity contribution in [3.63, 3.8) is 0 Å². The van der Waals surface area contributed by atoms with Gasteiger partial charge in [0.05, 0.1) is 11.5 Å². The van der Waals surface area contributed by atoms with E-state index in [1.54, 1.807) is 11.6 Å². The number of aromatic nitrogens is 5. The molecule has 2 heterocycles. The first kappa shape index (κ1) is 18.2. The lowest BCUT2D eigenvalue weighted by Gasteiger charge is -2.04. The molecule has 0 saturated heterocycles. The van der Waals surface area contributed by atoms with E-state index in [-0.39, 0.29) is 23.9 Å². The first-order valence-electron chi connectivity index (χ1n) is 8.26. The highest BCUT2D eigenvalue weighted by atomic mass is 16.6. The van der Waals surface area contributed by atoms with Gasteiger partial charge in [-0.1, -0.05) is 29.8 Å². The Morgan fingerprint density at radius 3 is 2.52 bits per heavy atom. The van der Waals surface area contributed by atoms with Crippen LogP contribution in [0.5, 0.6) is 0 Å². The summed E-state index contributed by atoms with van der Waals surface area (Å²) in [5.41, 5.74) is 2.76. The predicted octanol–water partition coefficient (Wildman–Crippen LogP) is 2.00. The minimum atomic E-state index is -0.500. The van der Waals surface area contributed by atoms with Crippen molar-refractivity contribution < 1.29 is 9.72 Å². The molecule has 0 radical (unpaired) electrons. The molecule has 10 nitrogen and oxygen atoms in total. The lowest BCUT2D eigenvalue weighted by molar-refractivity contribution is -0.386. The number of benzene rings is 1. The van der Waals surface area contributed by atoms with Crippen molar-refractivity contribution in [3.8, 4) is 0 Å². The Morgan fingerprint density at radius 2 is 1.89 bits per heavy atom. The number of nitrogens with zero attached hydrogens (tertiary/aromatic N) is 6. The molecule has 0 bridgehead atoms. The molecular formula is C17H19N7O3. The molecule has 0 saturated carbocycles. The molecule has 140 valence electrons. The van der Waals surface area contributed by atoms with Crippen LogP contribution in [0.1, 0.15) is 22.5 Å². The maximum atomic E-state index is 12.2. The number of hydrogen-bond donors (Lipinski definition) is 1. The molecule has 27 heavy (non-hydrogen) atoms. The fraction of sp³-hybridized carbons (Fsp3) is 0.294. The van der Waals surface area contributed by atoms with E-state index in [0.717, 1.165) is 5.56 Å². The minimum absolute atomic E-state index is 0.0803. The highest BCUT2D eigenvalue weighted by Gasteiger charge is 2.23. The first-order valence-corrected chi connectivity index (χ1v) is 8.26. The third-order valence-corrected chi connectivity index (χ3v) is 4.07. The Morgan fingerprint density at radius 1 is 1.19 bits per heavy atom. The van der Waals surface area contributed by atoms with E-state index in [1.165, 1.54) is 23.5 Å². The lowest BCUT2D eigenvalue weighted by Crippen LogP contribution is -2.21. The zero-order valence-electron chi connectivity index (χ0n) is 15.2. The van der Waals surface area contributed by atoms with Crippen LogP contribution in [0.2, 0.25) is 0 Å². The normalized spacial score (nSPS) is 10.8. The topological polar surface area (TPSA) is 121 Å². The fourth-order valence-electron chi connectivity index (χ4n) is 2.71. The number of nitrogens with one attached hydrogen (secondary N) is 1. The number of anilines is 1. The maximum Gasteiger partial charge on any atom is 0.312 e. The average Bonchev–Trinajstić information content (AvgIpc) is 3.13. The van der Waals surface area contributed by atoms with Crippen molar-refractivity contribution >= 4 is 17.5 Å². The van der Waals surface area contributed by atoms with Gasteiger partial charge in [-0.05, 0) is 26.3 Å². The fourth-order valence-corrected chi connectivity index (χ4v) is 2.71.